The Labute approximate surface area is 192 Å². The van der Waals surface area contributed by atoms with E-state index in [1.165, 1.54) is 54.4 Å². The van der Waals surface area contributed by atoms with Crippen molar-refractivity contribution in [2.24, 2.45) is 0 Å². The van der Waals surface area contributed by atoms with Crippen molar-refractivity contribution < 1.29 is 14.6 Å². The third kappa shape index (κ3) is 6.13. The zero-order valence-electron chi connectivity index (χ0n) is 19.4. The van der Waals surface area contributed by atoms with E-state index in [1.807, 2.05) is 0 Å². The molecule has 1 N–H and O–H groups in total. The van der Waals surface area contributed by atoms with Gasteiger partial charge in [-0.1, -0.05) is 49.6 Å². The number of carbonyl (C=O) groups is 1. The first-order chi connectivity index (χ1) is 15.6. The Bertz CT molecular complexity index is 878. The molecule has 0 atom stereocenters. The Kier molecular flexibility index (Phi) is 7.85. The number of aryl methyl sites for hydroxylation is 1. The molecule has 1 saturated carbocycles. The maximum atomic E-state index is 10.8. The lowest BCUT2D eigenvalue weighted by molar-refractivity contribution is -0.137. The van der Waals surface area contributed by atoms with Crippen molar-refractivity contribution in [2.45, 2.75) is 76.7 Å². The van der Waals surface area contributed by atoms with E-state index in [2.05, 4.69) is 54.3 Å². The zero-order valence-corrected chi connectivity index (χ0v) is 19.4. The summed E-state index contributed by atoms with van der Waals surface area (Å²) in [7, 11) is 0. The largest absolute Gasteiger partial charge is 0.489 e. The first-order valence-electron chi connectivity index (χ1n) is 12.3. The molecule has 1 saturated heterocycles. The fraction of sp³-hybridized carbons (Fsp3) is 0.536. The van der Waals surface area contributed by atoms with Crippen LogP contribution in [0.15, 0.2) is 42.5 Å². The molecule has 4 heteroatoms. The minimum absolute atomic E-state index is 0.238. The number of rotatable bonds is 8. The van der Waals surface area contributed by atoms with Gasteiger partial charge in [-0.25, -0.2) is 0 Å². The highest BCUT2D eigenvalue weighted by Crippen LogP contribution is 2.35. The van der Waals surface area contributed by atoms with Crippen molar-refractivity contribution in [1.29, 1.82) is 0 Å². The predicted molar refractivity (Wildman–Crippen MR) is 128 cm³/mol. The summed E-state index contributed by atoms with van der Waals surface area (Å²) in [5, 5.41) is 8.86. The second-order valence-corrected chi connectivity index (χ2v) is 9.64. The number of aliphatic carboxylic acids is 1. The van der Waals surface area contributed by atoms with Crippen LogP contribution in [0.2, 0.25) is 0 Å². The normalized spacial score (nSPS) is 18.5. The maximum absolute atomic E-state index is 10.8. The molecule has 0 amide bonds. The van der Waals surface area contributed by atoms with Crippen LogP contribution in [0.1, 0.15) is 85.5 Å². The number of hydrogen-bond donors (Lipinski definition) is 1. The molecule has 2 aliphatic rings. The summed E-state index contributed by atoms with van der Waals surface area (Å²) in [6, 6.07) is 15.5. The number of likely N-dealkylation sites (tertiary alicyclic amines) is 1. The van der Waals surface area contributed by atoms with Gasteiger partial charge in [0.2, 0.25) is 0 Å². The number of carboxylic acid groups (broad SMARTS) is 1. The van der Waals surface area contributed by atoms with Crippen LogP contribution in [0.5, 0.6) is 5.75 Å². The lowest BCUT2D eigenvalue weighted by Gasteiger charge is -2.31. The lowest BCUT2D eigenvalue weighted by Crippen LogP contribution is -2.34. The van der Waals surface area contributed by atoms with Gasteiger partial charge in [0.05, 0.1) is 6.42 Å². The fourth-order valence-corrected chi connectivity index (χ4v) is 5.41. The van der Waals surface area contributed by atoms with Crippen LogP contribution in [0, 0.1) is 6.92 Å². The van der Waals surface area contributed by atoms with Gasteiger partial charge in [-0.05, 0) is 91.9 Å². The second kappa shape index (κ2) is 11.0. The molecule has 0 bridgehead atoms. The molecule has 2 aromatic carbocycles. The average molecular weight is 436 g/mol. The summed E-state index contributed by atoms with van der Waals surface area (Å²) in [6.07, 6.45) is 9.21. The summed E-state index contributed by atoms with van der Waals surface area (Å²) in [5.74, 6) is 1.55. The molecule has 4 nitrogen and oxygen atoms in total. The minimum Gasteiger partial charge on any atom is -0.489 e. The van der Waals surface area contributed by atoms with Gasteiger partial charge in [0.1, 0.15) is 12.4 Å². The molecule has 0 radical (unpaired) electrons. The third-order valence-electron chi connectivity index (χ3n) is 7.37. The van der Waals surface area contributed by atoms with Gasteiger partial charge >= 0.3 is 5.97 Å². The molecule has 0 unspecified atom stereocenters. The molecule has 1 aliphatic carbocycles. The van der Waals surface area contributed by atoms with Crippen LogP contribution < -0.4 is 4.74 Å². The monoisotopic (exact) mass is 435 g/mol. The first kappa shape index (κ1) is 22.8. The van der Waals surface area contributed by atoms with Gasteiger partial charge in [-0.15, -0.1) is 0 Å². The predicted octanol–water partition coefficient (Wildman–Crippen LogP) is 6.28. The van der Waals surface area contributed by atoms with E-state index in [9.17, 15) is 4.79 Å². The van der Waals surface area contributed by atoms with Crippen molar-refractivity contribution in [2.75, 3.05) is 19.6 Å². The lowest BCUT2D eigenvalue weighted by atomic mass is 9.82. The Morgan fingerprint density at radius 2 is 1.69 bits per heavy atom. The van der Waals surface area contributed by atoms with E-state index in [-0.39, 0.29) is 6.42 Å². The SMILES string of the molecule is Cc1cc(OCc2ccc(C3CCN(CCC(=O)O)CC3)cc2)ccc1C1CCCCC1. The molecule has 32 heavy (non-hydrogen) atoms. The second-order valence-electron chi connectivity index (χ2n) is 9.64. The summed E-state index contributed by atoms with van der Waals surface area (Å²) in [6.45, 7) is 5.45. The number of nitrogens with zero attached hydrogens (tertiary/aromatic N) is 1. The number of hydrogen-bond acceptors (Lipinski definition) is 3. The van der Waals surface area contributed by atoms with Crippen LogP contribution >= 0.6 is 0 Å². The molecule has 0 spiro atoms. The highest BCUT2D eigenvalue weighted by Gasteiger charge is 2.21. The van der Waals surface area contributed by atoms with Gasteiger partial charge < -0.3 is 14.7 Å². The molecule has 172 valence electrons. The van der Waals surface area contributed by atoms with E-state index >= 15 is 0 Å². The average Bonchev–Trinajstić information content (AvgIpc) is 2.83. The summed E-state index contributed by atoms with van der Waals surface area (Å²) < 4.78 is 6.11. The van der Waals surface area contributed by atoms with Crippen LogP contribution in [-0.2, 0) is 11.4 Å². The Morgan fingerprint density at radius 1 is 0.969 bits per heavy atom. The van der Waals surface area contributed by atoms with Gasteiger partial charge in [-0.3, -0.25) is 4.79 Å². The van der Waals surface area contributed by atoms with Crippen molar-refractivity contribution in [3.8, 4) is 5.75 Å². The molecule has 2 aromatic rings. The van der Waals surface area contributed by atoms with E-state index in [1.54, 1.807) is 0 Å². The van der Waals surface area contributed by atoms with E-state index < -0.39 is 5.97 Å². The quantitative estimate of drug-likeness (QED) is 0.530. The Morgan fingerprint density at radius 3 is 2.34 bits per heavy atom. The summed E-state index contributed by atoms with van der Waals surface area (Å²) in [4.78, 5) is 13.0. The summed E-state index contributed by atoms with van der Waals surface area (Å²) in [5.41, 5.74) is 5.45. The number of carboxylic acids is 1. The van der Waals surface area contributed by atoms with Crippen molar-refractivity contribution in [3.05, 3.63) is 64.7 Å². The maximum Gasteiger partial charge on any atom is 0.304 e. The molecule has 1 heterocycles. The minimum atomic E-state index is -0.708. The van der Waals surface area contributed by atoms with Crippen LogP contribution in [0.3, 0.4) is 0 Å². The topological polar surface area (TPSA) is 49.8 Å². The highest BCUT2D eigenvalue weighted by atomic mass is 16.5. The van der Waals surface area contributed by atoms with E-state index in [4.69, 9.17) is 9.84 Å². The molecule has 1 aliphatic heterocycles. The van der Waals surface area contributed by atoms with Crippen molar-refractivity contribution in [3.63, 3.8) is 0 Å². The molecular formula is C28H37NO3. The smallest absolute Gasteiger partial charge is 0.304 e. The van der Waals surface area contributed by atoms with Crippen molar-refractivity contribution in [1.82, 2.24) is 4.90 Å². The van der Waals surface area contributed by atoms with E-state index in [0.29, 0.717) is 19.1 Å². The molecule has 0 aromatic heterocycles. The molecule has 4 rings (SSSR count). The number of benzene rings is 2. The van der Waals surface area contributed by atoms with Gasteiger partial charge in [0.25, 0.3) is 0 Å². The van der Waals surface area contributed by atoms with E-state index in [0.717, 1.165) is 37.6 Å². The standard InChI is InChI=1S/C28H37NO3/c1-21-19-26(11-12-27(21)25-5-3-2-4-6-25)32-20-22-7-9-23(10-8-22)24-13-16-29(17-14-24)18-15-28(30)31/h7-12,19,24-25H,2-6,13-18,20H2,1H3,(H,30,31). The van der Waals surface area contributed by atoms with Crippen molar-refractivity contribution >= 4 is 5.97 Å². The van der Waals surface area contributed by atoms with Gasteiger partial charge in [-0.2, -0.15) is 0 Å². The number of ether oxygens (including phenoxy) is 1. The van der Waals surface area contributed by atoms with Gasteiger partial charge in [0, 0.05) is 6.54 Å². The highest BCUT2D eigenvalue weighted by molar-refractivity contribution is 5.66. The van der Waals surface area contributed by atoms with Crippen LogP contribution in [0.4, 0.5) is 0 Å². The first-order valence-corrected chi connectivity index (χ1v) is 12.3. The summed E-state index contributed by atoms with van der Waals surface area (Å²) >= 11 is 0. The molecule has 2 fully saturated rings. The Balaban J connectivity index is 1.26. The van der Waals surface area contributed by atoms with Gasteiger partial charge in [0.15, 0.2) is 0 Å². The Hall–Kier alpha value is -2.33. The zero-order chi connectivity index (χ0) is 22.3. The third-order valence-corrected chi connectivity index (χ3v) is 7.37. The number of piperidine rings is 1. The van der Waals surface area contributed by atoms with Crippen LogP contribution in [-0.4, -0.2) is 35.6 Å². The van der Waals surface area contributed by atoms with Crippen LogP contribution in [0.25, 0.3) is 0 Å². The molecular weight excluding hydrogens is 398 g/mol. The fourth-order valence-electron chi connectivity index (χ4n) is 5.41.